The second kappa shape index (κ2) is 7.39. The first-order valence-corrected chi connectivity index (χ1v) is 6.57. The molecule has 1 aromatic heterocycles. The molecule has 0 radical (unpaired) electrons. The number of nitrogens with one attached hydrogen (secondary N) is 1. The predicted molar refractivity (Wildman–Crippen MR) is 80.1 cm³/mol. The summed E-state index contributed by atoms with van der Waals surface area (Å²) in [5, 5.41) is 9.80. The fraction of sp³-hybridized carbons (Fsp3) is 0.176. The van der Waals surface area contributed by atoms with E-state index in [0.717, 1.165) is 12.8 Å². The largest absolute Gasteiger partial charge is 0.396 e. The van der Waals surface area contributed by atoms with Crippen LogP contribution in [0.3, 0.4) is 0 Å². The molecular formula is C17H19NO. The molecule has 1 heterocycles. The van der Waals surface area contributed by atoms with Crippen LogP contribution in [0.4, 0.5) is 0 Å². The summed E-state index contributed by atoms with van der Waals surface area (Å²) >= 11 is 0. The van der Waals surface area contributed by atoms with Gasteiger partial charge in [-0.15, -0.1) is 0 Å². The van der Waals surface area contributed by atoms with Gasteiger partial charge in [-0.05, 0) is 35.9 Å². The van der Waals surface area contributed by atoms with Crippen molar-refractivity contribution in [3.8, 4) is 0 Å². The quantitative estimate of drug-likeness (QED) is 0.732. The first-order chi connectivity index (χ1) is 9.40. The zero-order chi connectivity index (χ0) is 13.3. The first-order valence-electron chi connectivity index (χ1n) is 6.57. The van der Waals surface area contributed by atoms with Crippen molar-refractivity contribution < 1.29 is 5.11 Å². The lowest BCUT2D eigenvalue weighted by molar-refractivity contribution is 0.288. The summed E-state index contributed by atoms with van der Waals surface area (Å²) in [7, 11) is 0. The van der Waals surface area contributed by atoms with Crippen LogP contribution in [0.5, 0.6) is 0 Å². The normalized spacial score (nSPS) is 9.95. The number of benzene rings is 2. The Bertz CT molecular complexity index is 556. The number of aliphatic hydroxyl groups excluding tert-OH is 1. The van der Waals surface area contributed by atoms with Gasteiger partial charge < -0.3 is 10.1 Å². The van der Waals surface area contributed by atoms with Crippen LogP contribution in [-0.4, -0.2) is 16.7 Å². The monoisotopic (exact) mass is 253 g/mol. The molecule has 0 amide bonds. The van der Waals surface area contributed by atoms with E-state index in [0.29, 0.717) is 0 Å². The molecule has 0 bridgehead atoms. The van der Waals surface area contributed by atoms with Crippen molar-refractivity contribution in [3.63, 3.8) is 0 Å². The minimum absolute atomic E-state index is 0.287. The highest BCUT2D eigenvalue weighted by Crippen LogP contribution is 2.09. The minimum Gasteiger partial charge on any atom is -0.396 e. The van der Waals surface area contributed by atoms with E-state index in [9.17, 15) is 0 Å². The molecule has 0 aliphatic rings. The molecule has 0 aliphatic heterocycles. The Morgan fingerprint density at radius 2 is 1.58 bits per heavy atom. The molecule has 3 aromatic rings. The molecule has 2 nitrogen and oxygen atoms in total. The number of aryl methyl sites for hydroxylation is 1. The lowest BCUT2D eigenvalue weighted by atomic mass is 10.1. The molecular weight excluding hydrogens is 234 g/mol. The fourth-order valence-electron chi connectivity index (χ4n) is 1.92. The van der Waals surface area contributed by atoms with Gasteiger partial charge in [0.2, 0.25) is 0 Å². The molecule has 19 heavy (non-hydrogen) atoms. The molecule has 0 saturated heterocycles. The van der Waals surface area contributed by atoms with E-state index in [1.54, 1.807) is 0 Å². The van der Waals surface area contributed by atoms with E-state index >= 15 is 0 Å². The summed E-state index contributed by atoms with van der Waals surface area (Å²) in [5.74, 6) is 0. The predicted octanol–water partition coefficient (Wildman–Crippen LogP) is 3.78. The van der Waals surface area contributed by atoms with Gasteiger partial charge in [-0.25, -0.2) is 0 Å². The van der Waals surface area contributed by atoms with Crippen molar-refractivity contribution in [1.29, 1.82) is 0 Å². The van der Waals surface area contributed by atoms with Gasteiger partial charge in [0.25, 0.3) is 0 Å². The van der Waals surface area contributed by atoms with E-state index in [-0.39, 0.29) is 6.61 Å². The van der Waals surface area contributed by atoms with Crippen molar-refractivity contribution in [2.45, 2.75) is 12.8 Å². The summed E-state index contributed by atoms with van der Waals surface area (Å²) in [6, 6.07) is 20.5. The zero-order valence-electron chi connectivity index (χ0n) is 10.9. The maximum Gasteiger partial charge on any atom is 0.0453 e. The van der Waals surface area contributed by atoms with Crippen LogP contribution in [-0.2, 0) is 6.42 Å². The van der Waals surface area contributed by atoms with E-state index in [1.807, 2.05) is 36.5 Å². The van der Waals surface area contributed by atoms with E-state index < -0.39 is 0 Å². The van der Waals surface area contributed by atoms with Crippen LogP contribution in [0.2, 0.25) is 0 Å². The average Bonchev–Trinajstić information content (AvgIpc) is 2.95. The Balaban J connectivity index is 0.000000141. The third-order valence-electron chi connectivity index (χ3n) is 2.93. The molecule has 0 saturated carbocycles. The van der Waals surface area contributed by atoms with Crippen LogP contribution >= 0.6 is 0 Å². The number of para-hydroxylation sites is 1. The first kappa shape index (κ1) is 13.4. The Morgan fingerprint density at radius 3 is 2.32 bits per heavy atom. The molecule has 2 heteroatoms. The van der Waals surface area contributed by atoms with Gasteiger partial charge in [-0.3, -0.25) is 0 Å². The number of aliphatic hydroxyl groups is 1. The van der Waals surface area contributed by atoms with E-state index in [1.165, 1.54) is 16.5 Å². The summed E-state index contributed by atoms with van der Waals surface area (Å²) in [5.41, 5.74) is 2.51. The highest BCUT2D eigenvalue weighted by Gasteiger charge is 1.88. The lowest BCUT2D eigenvalue weighted by Gasteiger charge is -1.96. The third kappa shape index (κ3) is 4.27. The molecule has 98 valence electrons. The maximum absolute atomic E-state index is 8.53. The van der Waals surface area contributed by atoms with Gasteiger partial charge in [-0.2, -0.15) is 0 Å². The van der Waals surface area contributed by atoms with Gasteiger partial charge in [0.1, 0.15) is 0 Å². The van der Waals surface area contributed by atoms with Gasteiger partial charge in [0, 0.05) is 18.3 Å². The van der Waals surface area contributed by atoms with Crippen molar-refractivity contribution in [3.05, 3.63) is 72.4 Å². The van der Waals surface area contributed by atoms with Crippen molar-refractivity contribution in [1.82, 2.24) is 4.98 Å². The molecule has 0 fully saturated rings. The smallest absolute Gasteiger partial charge is 0.0453 e. The Morgan fingerprint density at radius 1 is 0.842 bits per heavy atom. The Kier molecular flexibility index (Phi) is 5.20. The molecule has 2 aromatic carbocycles. The molecule has 3 rings (SSSR count). The molecule has 2 N–H and O–H groups in total. The number of rotatable bonds is 3. The number of aromatic amines is 1. The zero-order valence-corrected chi connectivity index (χ0v) is 10.9. The summed E-state index contributed by atoms with van der Waals surface area (Å²) in [6.45, 7) is 0.287. The van der Waals surface area contributed by atoms with Gasteiger partial charge in [-0.1, -0.05) is 48.5 Å². The third-order valence-corrected chi connectivity index (χ3v) is 2.93. The molecule has 0 aliphatic carbocycles. The number of hydrogen-bond acceptors (Lipinski definition) is 1. The number of aromatic nitrogens is 1. The lowest BCUT2D eigenvalue weighted by Crippen LogP contribution is -1.87. The fourth-order valence-corrected chi connectivity index (χ4v) is 1.92. The van der Waals surface area contributed by atoms with Crippen LogP contribution in [0.15, 0.2) is 66.9 Å². The van der Waals surface area contributed by atoms with E-state index in [4.69, 9.17) is 5.11 Å². The number of hydrogen-bond donors (Lipinski definition) is 2. The van der Waals surface area contributed by atoms with Gasteiger partial charge in [0.15, 0.2) is 0 Å². The topological polar surface area (TPSA) is 36.0 Å². The highest BCUT2D eigenvalue weighted by molar-refractivity contribution is 5.78. The minimum atomic E-state index is 0.287. The number of fused-ring (bicyclic) bond motifs is 1. The Hall–Kier alpha value is -2.06. The van der Waals surface area contributed by atoms with Crippen molar-refractivity contribution >= 4 is 10.9 Å². The van der Waals surface area contributed by atoms with E-state index in [2.05, 4.69) is 35.3 Å². The molecule has 0 spiro atoms. The van der Waals surface area contributed by atoms with Crippen LogP contribution in [0.25, 0.3) is 10.9 Å². The SMILES string of the molecule is OCCCc1ccccc1.c1ccc2[nH]ccc2c1. The van der Waals surface area contributed by atoms with Crippen molar-refractivity contribution in [2.75, 3.05) is 6.61 Å². The summed E-state index contributed by atoms with van der Waals surface area (Å²) in [6.07, 6.45) is 3.80. The number of H-pyrrole nitrogens is 1. The van der Waals surface area contributed by atoms with Crippen LogP contribution < -0.4 is 0 Å². The second-order valence-corrected chi connectivity index (χ2v) is 4.38. The molecule has 0 unspecified atom stereocenters. The standard InChI is InChI=1S/C9H12O.C8H7N/c10-8-4-7-9-5-2-1-3-6-9;1-2-4-8-7(3-1)5-6-9-8/h1-3,5-6,10H,4,7-8H2;1-6,9H. The highest BCUT2D eigenvalue weighted by atomic mass is 16.2. The van der Waals surface area contributed by atoms with Crippen LogP contribution in [0.1, 0.15) is 12.0 Å². The molecule has 0 atom stereocenters. The Labute approximate surface area is 113 Å². The second-order valence-electron chi connectivity index (χ2n) is 4.38. The van der Waals surface area contributed by atoms with Crippen LogP contribution in [0, 0.1) is 0 Å². The summed E-state index contributed by atoms with van der Waals surface area (Å²) in [4.78, 5) is 3.12. The maximum atomic E-state index is 8.53. The summed E-state index contributed by atoms with van der Waals surface area (Å²) < 4.78 is 0. The van der Waals surface area contributed by atoms with Crippen molar-refractivity contribution in [2.24, 2.45) is 0 Å². The average molecular weight is 253 g/mol. The van der Waals surface area contributed by atoms with Gasteiger partial charge >= 0.3 is 0 Å². The van der Waals surface area contributed by atoms with Gasteiger partial charge in [0.05, 0.1) is 0 Å².